The number of halogens is 4. The zero-order valence-corrected chi connectivity index (χ0v) is 9.03. The number of hydrogen-bond donors (Lipinski definition) is 0. The molecule has 90 valence electrons. The maximum Gasteiger partial charge on any atom is 0.573 e. The number of hydrogen-bond acceptors (Lipinski definition) is 2. The molecule has 0 saturated heterocycles. The second-order valence-corrected chi connectivity index (χ2v) is 3.54. The van der Waals surface area contributed by atoms with Gasteiger partial charge in [-0.1, -0.05) is 11.6 Å². The van der Waals surface area contributed by atoms with Crippen molar-refractivity contribution in [2.75, 3.05) is 0 Å². The summed E-state index contributed by atoms with van der Waals surface area (Å²) in [6, 6.07) is 3.98. The van der Waals surface area contributed by atoms with Crippen molar-refractivity contribution in [1.29, 1.82) is 0 Å². The van der Waals surface area contributed by atoms with Crippen molar-refractivity contribution in [3.63, 3.8) is 0 Å². The second kappa shape index (κ2) is 4.29. The summed E-state index contributed by atoms with van der Waals surface area (Å²) in [6.45, 7) is 0. The van der Waals surface area contributed by atoms with Crippen molar-refractivity contribution >= 4 is 11.6 Å². The number of nitrogens with zero attached hydrogens (tertiary/aromatic N) is 2. The molecule has 7 heteroatoms. The predicted molar refractivity (Wildman–Crippen MR) is 55.3 cm³/mol. The highest BCUT2D eigenvalue weighted by Gasteiger charge is 2.32. The molecule has 2 aromatic rings. The van der Waals surface area contributed by atoms with Crippen LogP contribution in [0.1, 0.15) is 0 Å². The molecule has 2 rings (SSSR count). The molecule has 0 spiro atoms. The normalized spacial score (nSPS) is 11.5. The minimum absolute atomic E-state index is 0.117. The van der Waals surface area contributed by atoms with Crippen LogP contribution in [0.15, 0.2) is 36.9 Å². The van der Waals surface area contributed by atoms with Crippen molar-refractivity contribution < 1.29 is 17.9 Å². The van der Waals surface area contributed by atoms with E-state index in [0.717, 1.165) is 6.07 Å². The molecule has 17 heavy (non-hydrogen) atoms. The van der Waals surface area contributed by atoms with E-state index in [1.807, 2.05) is 0 Å². The molecule has 0 aliphatic rings. The molecule has 0 atom stereocenters. The fraction of sp³-hybridized carbons (Fsp3) is 0.100. The maximum atomic E-state index is 12.0. The number of imidazole rings is 1. The van der Waals surface area contributed by atoms with Crippen LogP contribution in [0.3, 0.4) is 0 Å². The van der Waals surface area contributed by atoms with E-state index < -0.39 is 12.1 Å². The second-order valence-electron chi connectivity index (χ2n) is 3.13. The average molecular weight is 263 g/mol. The molecular weight excluding hydrogens is 257 g/mol. The highest BCUT2D eigenvalue weighted by atomic mass is 35.5. The molecule has 0 N–H and O–H groups in total. The molecule has 0 bridgehead atoms. The Morgan fingerprint density at radius 3 is 2.59 bits per heavy atom. The summed E-state index contributed by atoms with van der Waals surface area (Å²) in [6.07, 6.45) is -0.0416. The van der Waals surface area contributed by atoms with Crippen LogP contribution in [0.4, 0.5) is 13.2 Å². The van der Waals surface area contributed by atoms with Gasteiger partial charge in [0.05, 0.1) is 11.3 Å². The molecule has 1 heterocycles. The minimum Gasteiger partial charge on any atom is -0.404 e. The number of aromatic nitrogens is 2. The van der Waals surface area contributed by atoms with E-state index in [1.54, 1.807) is 17.0 Å². The first-order valence-electron chi connectivity index (χ1n) is 4.49. The fourth-order valence-electron chi connectivity index (χ4n) is 1.27. The zero-order valence-electron chi connectivity index (χ0n) is 8.28. The molecule has 0 saturated carbocycles. The van der Waals surface area contributed by atoms with E-state index in [4.69, 9.17) is 11.6 Å². The first kappa shape index (κ1) is 11.8. The SMILES string of the molecule is FC(F)(F)Oc1ccc(-n2ccnc2)cc1Cl. The number of rotatable bonds is 2. The molecule has 0 radical (unpaired) electrons. The highest BCUT2D eigenvalue weighted by Crippen LogP contribution is 2.31. The Balaban J connectivity index is 2.29. The van der Waals surface area contributed by atoms with E-state index in [-0.39, 0.29) is 5.02 Å². The quantitative estimate of drug-likeness (QED) is 0.829. The maximum absolute atomic E-state index is 12.0. The van der Waals surface area contributed by atoms with Crippen LogP contribution < -0.4 is 4.74 Å². The lowest BCUT2D eigenvalue weighted by Gasteiger charge is -2.11. The zero-order chi connectivity index (χ0) is 12.5. The summed E-state index contributed by atoms with van der Waals surface area (Å²) in [4.78, 5) is 3.82. The first-order chi connectivity index (χ1) is 7.96. The number of ether oxygens (including phenoxy) is 1. The van der Waals surface area contributed by atoms with E-state index in [0.29, 0.717) is 5.69 Å². The minimum atomic E-state index is -4.75. The van der Waals surface area contributed by atoms with E-state index >= 15 is 0 Å². The van der Waals surface area contributed by atoms with Crippen LogP contribution in [0.25, 0.3) is 5.69 Å². The van der Waals surface area contributed by atoms with Crippen LogP contribution >= 0.6 is 11.6 Å². The Morgan fingerprint density at radius 1 is 1.29 bits per heavy atom. The third kappa shape index (κ3) is 2.91. The Labute approximate surface area is 99.4 Å². The lowest BCUT2D eigenvalue weighted by Crippen LogP contribution is -2.17. The Bertz CT molecular complexity index is 511. The molecule has 0 aliphatic carbocycles. The molecule has 1 aromatic carbocycles. The molecule has 0 fully saturated rings. The predicted octanol–water partition coefficient (Wildman–Crippen LogP) is 3.42. The van der Waals surface area contributed by atoms with Crippen LogP contribution in [0, 0.1) is 0 Å². The Morgan fingerprint density at radius 2 is 2.06 bits per heavy atom. The van der Waals surface area contributed by atoms with Crippen molar-refractivity contribution in [3.05, 3.63) is 41.9 Å². The highest BCUT2D eigenvalue weighted by molar-refractivity contribution is 6.32. The summed E-state index contributed by atoms with van der Waals surface area (Å²) in [7, 11) is 0. The van der Waals surface area contributed by atoms with Gasteiger partial charge in [-0.2, -0.15) is 0 Å². The van der Waals surface area contributed by atoms with Crippen molar-refractivity contribution in [2.45, 2.75) is 6.36 Å². The van der Waals surface area contributed by atoms with Gasteiger partial charge in [-0.05, 0) is 18.2 Å². The third-order valence-corrected chi connectivity index (χ3v) is 2.24. The lowest BCUT2D eigenvalue weighted by atomic mass is 10.3. The number of benzene rings is 1. The van der Waals surface area contributed by atoms with Crippen LogP contribution in [-0.4, -0.2) is 15.9 Å². The van der Waals surface area contributed by atoms with E-state index in [2.05, 4.69) is 9.72 Å². The van der Waals surface area contributed by atoms with Gasteiger partial charge in [0, 0.05) is 18.1 Å². The van der Waals surface area contributed by atoms with Gasteiger partial charge >= 0.3 is 6.36 Å². The van der Waals surface area contributed by atoms with E-state index in [9.17, 15) is 13.2 Å². The lowest BCUT2D eigenvalue weighted by molar-refractivity contribution is -0.274. The van der Waals surface area contributed by atoms with Gasteiger partial charge < -0.3 is 9.30 Å². The average Bonchev–Trinajstić information content (AvgIpc) is 2.72. The fourth-order valence-corrected chi connectivity index (χ4v) is 1.48. The van der Waals surface area contributed by atoms with Gasteiger partial charge in [0.25, 0.3) is 0 Å². The van der Waals surface area contributed by atoms with Crippen molar-refractivity contribution in [2.24, 2.45) is 0 Å². The summed E-state index contributed by atoms with van der Waals surface area (Å²) >= 11 is 5.69. The number of alkyl halides is 3. The van der Waals surface area contributed by atoms with Gasteiger partial charge in [0.2, 0.25) is 0 Å². The summed E-state index contributed by atoms with van der Waals surface area (Å²) < 4.78 is 41.4. The topological polar surface area (TPSA) is 27.1 Å². The third-order valence-electron chi connectivity index (χ3n) is 1.94. The van der Waals surface area contributed by atoms with Crippen LogP contribution in [-0.2, 0) is 0 Å². The standard InChI is InChI=1S/C10H6ClF3N2O/c11-8-5-7(16-4-3-15-6-16)1-2-9(8)17-10(12,13)14/h1-6H. The van der Waals surface area contributed by atoms with Gasteiger partial charge in [0.15, 0.2) is 0 Å². The van der Waals surface area contributed by atoms with Crippen molar-refractivity contribution in [3.8, 4) is 11.4 Å². The van der Waals surface area contributed by atoms with Gasteiger partial charge in [-0.25, -0.2) is 4.98 Å². The molecule has 1 aromatic heterocycles. The van der Waals surface area contributed by atoms with E-state index in [1.165, 1.54) is 18.5 Å². The van der Waals surface area contributed by atoms with Gasteiger partial charge in [-0.3, -0.25) is 0 Å². The van der Waals surface area contributed by atoms with Crippen LogP contribution in [0.5, 0.6) is 5.75 Å². The smallest absolute Gasteiger partial charge is 0.404 e. The van der Waals surface area contributed by atoms with Gasteiger partial charge in [0.1, 0.15) is 5.75 Å². The molecular formula is C10H6ClF3N2O. The Kier molecular flexibility index (Phi) is 2.97. The summed E-state index contributed by atoms with van der Waals surface area (Å²) in [5, 5.41) is -0.117. The largest absolute Gasteiger partial charge is 0.573 e. The first-order valence-corrected chi connectivity index (χ1v) is 4.87. The summed E-state index contributed by atoms with van der Waals surface area (Å²) in [5.74, 6) is -0.428. The molecule has 0 amide bonds. The van der Waals surface area contributed by atoms with Gasteiger partial charge in [-0.15, -0.1) is 13.2 Å². The van der Waals surface area contributed by atoms with Crippen molar-refractivity contribution in [1.82, 2.24) is 9.55 Å². The Hall–Kier alpha value is -1.69. The molecule has 0 unspecified atom stereocenters. The van der Waals surface area contributed by atoms with Crippen LogP contribution in [0.2, 0.25) is 5.02 Å². The molecule has 0 aliphatic heterocycles. The molecule has 3 nitrogen and oxygen atoms in total. The summed E-state index contributed by atoms with van der Waals surface area (Å²) in [5.41, 5.74) is 0.599. The monoisotopic (exact) mass is 262 g/mol.